The number of sulfonamides is 1. The third-order valence-electron chi connectivity index (χ3n) is 5.42. The Balaban J connectivity index is 2.01. The number of nitro groups is 1. The molecule has 0 radical (unpaired) electrons. The SMILES string of the molecule is CC(=O)O[C@@H]1O[C@H](CN(Cc2ccccc2)S(=O)(=O)c2ccc([N+](=O)[O-])cc2)[C@@H](OC(C)=O)[C@H]1OC(C)=O. The summed E-state index contributed by atoms with van der Waals surface area (Å²) >= 11 is 0. The number of esters is 3. The quantitative estimate of drug-likeness (QED) is 0.183. The van der Waals surface area contributed by atoms with E-state index < -0.39 is 64.0 Å². The van der Waals surface area contributed by atoms with Crippen LogP contribution in [-0.2, 0) is 49.9 Å². The molecule has 1 saturated heterocycles. The highest BCUT2D eigenvalue weighted by Crippen LogP contribution is 2.31. The van der Waals surface area contributed by atoms with Crippen LogP contribution in [0.2, 0.25) is 0 Å². The predicted octanol–water partition coefficient (Wildman–Crippen LogP) is 1.94. The summed E-state index contributed by atoms with van der Waals surface area (Å²) in [6, 6.07) is 12.9. The van der Waals surface area contributed by atoms with Gasteiger partial charge in [0, 0.05) is 46.0 Å². The van der Waals surface area contributed by atoms with Crippen LogP contribution in [0, 0.1) is 10.1 Å². The van der Waals surface area contributed by atoms with Gasteiger partial charge >= 0.3 is 17.9 Å². The molecule has 0 aliphatic carbocycles. The minimum atomic E-state index is -4.29. The van der Waals surface area contributed by atoms with Crippen molar-refractivity contribution in [2.24, 2.45) is 0 Å². The molecule has 0 amide bonds. The van der Waals surface area contributed by atoms with Crippen LogP contribution in [0.4, 0.5) is 5.69 Å². The Labute approximate surface area is 218 Å². The summed E-state index contributed by atoms with van der Waals surface area (Å²) in [6.07, 6.45) is -5.35. The van der Waals surface area contributed by atoms with Crippen LogP contribution in [0.5, 0.6) is 0 Å². The Morgan fingerprint density at radius 2 is 1.45 bits per heavy atom. The number of ether oxygens (including phenoxy) is 4. The Hall–Kier alpha value is -3.88. The largest absolute Gasteiger partial charge is 0.455 e. The molecule has 1 aliphatic rings. The van der Waals surface area contributed by atoms with Gasteiger partial charge in [-0.2, -0.15) is 4.31 Å². The van der Waals surface area contributed by atoms with E-state index in [9.17, 15) is 32.9 Å². The Morgan fingerprint density at radius 1 is 0.895 bits per heavy atom. The number of carbonyl (C=O) groups excluding carboxylic acids is 3. The van der Waals surface area contributed by atoms with Crippen molar-refractivity contribution in [2.45, 2.75) is 56.8 Å². The zero-order valence-corrected chi connectivity index (χ0v) is 21.5. The van der Waals surface area contributed by atoms with E-state index in [0.717, 1.165) is 49.3 Å². The van der Waals surface area contributed by atoms with Gasteiger partial charge in [-0.05, 0) is 17.7 Å². The maximum Gasteiger partial charge on any atom is 0.305 e. The molecule has 2 aromatic carbocycles. The van der Waals surface area contributed by atoms with E-state index in [0.29, 0.717) is 5.56 Å². The minimum Gasteiger partial charge on any atom is -0.455 e. The first kappa shape index (κ1) is 28.7. The third kappa shape index (κ3) is 7.12. The summed E-state index contributed by atoms with van der Waals surface area (Å²) < 4.78 is 49.8. The van der Waals surface area contributed by atoms with Crippen molar-refractivity contribution in [3.63, 3.8) is 0 Å². The van der Waals surface area contributed by atoms with Gasteiger partial charge < -0.3 is 18.9 Å². The van der Waals surface area contributed by atoms with Crippen molar-refractivity contribution >= 4 is 33.6 Å². The molecular weight excluding hydrogens is 524 g/mol. The molecule has 1 fully saturated rings. The van der Waals surface area contributed by atoms with Crippen LogP contribution >= 0.6 is 0 Å². The molecular formula is C24H26N2O11S. The van der Waals surface area contributed by atoms with Crippen molar-refractivity contribution in [1.29, 1.82) is 0 Å². The molecule has 4 atom stereocenters. The zero-order valence-electron chi connectivity index (χ0n) is 20.7. The molecule has 2 aromatic rings. The maximum absolute atomic E-state index is 13.7. The second-order valence-electron chi connectivity index (χ2n) is 8.33. The highest BCUT2D eigenvalue weighted by Gasteiger charge is 2.52. The van der Waals surface area contributed by atoms with Crippen molar-refractivity contribution in [3.8, 4) is 0 Å². The fraction of sp³-hybridized carbons (Fsp3) is 0.375. The number of hydrogen-bond acceptors (Lipinski definition) is 11. The molecule has 3 rings (SSSR count). The van der Waals surface area contributed by atoms with Crippen LogP contribution in [0.25, 0.3) is 0 Å². The van der Waals surface area contributed by atoms with Crippen LogP contribution in [0.3, 0.4) is 0 Å². The first-order valence-electron chi connectivity index (χ1n) is 11.3. The van der Waals surface area contributed by atoms with E-state index in [1.165, 1.54) is 0 Å². The van der Waals surface area contributed by atoms with E-state index in [2.05, 4.69) is 0 Å². The molecule has 0 unspecified atom stereocenters. The summed E-state index contributed by atoms with van der Waals surface area (Å²) in [5, 5.41) is 11.0. The van der Waals surface area contributed by atoms with Gasteiger partial charge in [0.2, 0.25) is 22.4 Å². The highest BCUT2D eigenvalue weighted by molar-refractivity contribution is 7.89. The van der Waals surface area contributed by atoms with E-state index in [1.807, 2.05) is 0 Å². The standard InChI is InChI=1S/C24H26N2O11S/c1-15(27)34-22-21(37-24(36-17(3)29)23(22)35-16(2)28)14-25(13-18-7-5-4-6-8-18)38(32,33)20-11-9-19(10-12-20)26(30)31/h4-12,21-24H,13-14H2,1-3H3/t21-,22-,23-,24-/m1/s1. The number of nitrogens with zero attached hydrogens (tertiary/aromatic N) is 2. The number of hydrogen-bond donors (Lipinski definition) is 0. The second kappa shape index (κ2) is 12.1. The zero-order chi connectivity index (χ0) is 28.0. The first-order chi connectivity index (χ1) is 17.9. The molecule has 0 bridgehead atoms. The highest BCUT2D eigenvalue weighted by atomic mass is 32.2. The predicted molar refractivity (Wildman–Crippen MR) is 129 cm³/mol. The normalized spacial score (nSPS) is 21.1. The van der Waals surface area contributed by atoms with Gasteiger partial charge in [-0.3, -0.25) is 24.5 Å². The molecule has 0 spiro atoms. The van der Waals surface area contributed by atoms with E-state index in [1.54, 1.807) is 30.3 Å². The Morgan fingerprint density at radius 3 is 1.97 bits per heavy atom. The van der Waals surface area contributed by atoms with Gasteiger partial charge in [0.05, 0.1) is 9.82 Å². The topological polar surface area (TPSA) is 169 Å². The smallest absolute Gasteiger partial charge is 0.305 e. The number of carbonyl (C=O) groups is 3. The summed E-state index contributed by atoms with van der Waals surface area (Å²) in [5.41, 5.74) is 0.314. The average molecular weight is 551 g/mol. The number of benzene rings is 2. The van der Waals surface area contributed by atoms with Gasteiger partial charge in [-0.15, -0.1) is 0 Å². The summed E-state index contributed by atoms with van der Waals surface area (Å²) in [7, 11) is -4.29. The van der Waals surface area contributed by atoms with Crippen LogP contribution in [0.15, 0.2) is 59.5 Å². The van der Waals surface area contributed by atoms with Crippen LogP contribution in [0.1, 0.15) is 26.3 Å². The molecule has 1 heterocycles. The molecule has 13 nitrogen and oxygen atoms in total. The van der Waals surface area contributed by atoms with Gasteiger partial charge in [0.1, 0.15) is 6.10 Å². The lowest BCUT2D eigenvalue weighted by molar-refractivity contribution is -0.384. The third-order valence-corrected chi connectivity index (χ3v) is 7.25. The summed E-state index contributed by atoms with van der Waals surface area (Å²) in [6.45, 7) is 2.74. The molecule has 204 valence electrons. The van der Waals surface area contributed by atoms with Crippen molar-refractivity contribution in [1.82, 2.24) is 4.31 Å². The minimum absolute atomic E-state index is 0.150. The van der Waals surface area contributed by atoms with Crippen LogP contribution in [-0.4, -0.2) is 66.7 Å². The van der Waals surface area contributed by atoms with Crippen molar-refractivity contribution < 1.29 is 46.7 Å². The van der Waals surface area contributed by atoms with Crippen LogP contribution < -0.4 is 0 Å². The molecule has 0 saturated carbocycles. The van der Waals surface area contributed by atoms with E-state index >= 15 is 0 Å². The average Bonchev–Trinajstić information content (AvgIpc) is 3.13. The lowest BCUT2D eigenvalue weighted by Crippen LogP contribution is -2.45. The fourth-order valence-corrected chi connectivity index (χ4v) is 5.31. The molecule has 38 heavy (non-hydrogen) atoms. The van der Waals surface area contributed by atoms with Crippen molar-refractivity contribution in [3.05, 3.63) is 70.3 Å². The second-order valence-corrected chi connectivity index (χ2v) is 10.3. The Bertz CT molecular complexity index is 1280. The lowest BCUT2D eigenvalue weighted by Gasteiger charge is -2.28. The summed E-state index contributed by atoms with van der Waals surface area (Å²) in [5.74, 6) is -2.31. The molecule has 14 heteroatoms. The van der Waals surface area contributed by atoms with Gasteiger partial charge in [-0.1, -0.05) is 30.3 Å². The number of nitro benzene ring substituents is 1. The maximum atomic E-state index is 13.7. The van der Waals surface area contributed by atoms with Gasteiger partial charge in [0.25, 0.3) is 5.69 Å². The summed E-state index contributed by atoms with van der Waals surface area (Å²) in [4.78, 5) is 45.4. The monoisotopic (exact) mass is 550 g/mol. The fourth-order valence-electron chi connectivity index (χ4n) is 3.87. The Kier molecular flexibility index (Phi) is 9.14. The number of non-ortho nitro benzene ring substituents is 1. The first-order valence-corrected chi connectivity index (χ1v) is 12.8. The molecule has 1 aliphatic heterocycles. The van der Waals surface area contributed by atoms with Gasteiger partial charge in [-0.25, -0.2) is 8.42 Å². The molecule has 0 N–H and O–H groups in total. The van der Waals surface area contributed by atoms with E-state index in [4.69, 9.17) is 18.9 Å². The van der Waals surface area contributed by atoms with Gasteiger partial charge in [0.15, 0.2) is 6.10 Å². The van der Waals surface area contributed by atoms with E-state index in [-0.39, 0.29) is 17.1 Å². The molecule has 0 aromatic heterocycles. The van der Waals surface area contributed by atoms with Crippen molar-refractivity contribution in [2.75, 3.05) is 6.54 Å². The number of rotatable bonds is 10. The lowest BCUT2D eigenvalue weighted by atomic mass is 10.1.